The summed E-state index contributed by atoms with van der Waals surface area (Å²) in [7, 11) is 0. The third-order valence-corrected chi connectivity index (χ3v) is 6.15. The van der Waals surface area contributed by atoms with Gasteiger partial charge in [-0.05, 0) is 74.4 Å². The number of nitrogens with zero attached hydrogens (tertiary/aromatic N) is 2. The molecule has 2 aromatic carbocycles. The molecule has 0 aliphatic carbocycles. The topological polar surface area (TPSA) is 33.2 Å². The highest BCUT2D eigenvalue weighted by molar-refractivity contribution is 6.07. The Hall–Kier alpha value is -2.68. The van der Waals surface area contributed by atoms with Crippen molar-refractivity contribution < 1.29 is 4.79 Å². The third kappa shape index (κ3) is 3.91. The Balaban J connectivity index is 1.85. The Morgan fingerprint density at radius 2 is 1.66 bits per heavy atom. The number of fused-ring (bicyclic) bond motifs is 1. The first kappa shape index (κ1) is 19.6. The van der Waals surface area contributed by atoms with Gasteiger partial charge >= 0.3 is 0 Å². The lowest BCUT2D eigenvalue weighted by atomic mass is 9.91. The molecule has 1 aliphatic heterocycles. The molecule has 0 spiro atoms. The van der Waals surface area contributed by atoms with Gasteiger partial charge in [0, 0.05) is 24.0 Å². The van der Waals surface area contributed by atoms with Crippen LogP contribution < -0.4 is 0 Å². The first-order chi connectivity index (χ1) is 13.8. The van der Waals surface area contributed by atoms with E-state index in [1.54, 1.807) is 0 Å². The van der Waals surface area contributed by atoms with Crippen molar-refractivity contribution in [2.45, 2.75) is 41.0 Å². The van der Waals surface area contributed by atoms with E-state index >= 15 is 0 Å². The minimum absolute atomic E-state index is 0.131. The first-order valence-electron chi connectivity index (χ1n) is 10.6. The van der Waals surface area contributed by atoms with Crippen LogP contribution in [0.5, 0.6) is 0 Å². The van der Waals surface area contributed by atoms with E-state index in [1.807, 2.05) is 17.0 Å². The van der Waals surface area contributed by atoms with Crippen LogP contribution in [0.1, 0.15) is 47.3 Å². The number of hydrogen-bond acceptors (Lipinski definition) is 2. The molecule has 1 saturated heterocycles. The second-order valence-electron chi connectivity index (χ2n) is 9.03. The van der Waals surface area contributed by atoms with Gasteiger partial charge in [0.1, 0.15) is 0 Å². The molecule has 3 aromatic rings. The third-order valence-electron chi connectivity index (χ3n) is 6.15. The van der Waals surface area contributed by atoms with Crippen molar-refractivity contribution in [1.29, 1.82) is 0 Å². The van der Waals surface area contributed by atoms with Crippen molar-refractivity contribution in [3.8, 4) is 11.3 Å². The number of amides is 1. The number of carbonyl (C=O) groups excluding carboxylic acids is 1. The van der Waals surface area contributed by atoms with Gasteiger partial charge in [0.25, 0.3) is 5.91 Å². The zero-order valence-electron chi connectivity index (χ0n) is 18.1. The van der Waals surface area contributed by atoms with Crippen molar-refractivity contribution >= 4 is 16.8 Å². The van der Waals surface area contributed by atoms with Crippen LogP contribution in [0, 0.1) is 32.6 Å². The van der Waals surface area contributed by atoms with Gasteiger partial charge in [0.05, 0.1) is 16.8 Å². The molecule has 0 saturated carbocycles. The van der Waals surface area contributed by atoms with Crippen LogP contribution in [0.4, 0.5) is 0 Å². The number of likely N-dealkylation sites (tertiary alicyclic amines) is 1. The summed E-state index contributed by atoms with van der Waals surface area (Å²) in [4.78, 5) is 20.6. The maximum Gasteiger partial charge on any atom is 0.254 e. The van der Waals surface area contributed by atoms with Crippen LogP contribution in [0.2, 0.25) is 0 Å². The van der Waals surface area contributed by atoms with Gasteiger partial charge in [-0.1, -0.05) is 37.6 Å². The zero-order valence-corrected chi connectivity index (χ0v) is 18.1. The molecule has 2 heterocycles. The molecular formula is C26H30N2O. The van der Waals surface area contributed by atoms with Gasteiger partial charge < -0.3 is 4.90 Å². The van der Waals surface area contributed by atoms with Crippen LogP contribution in [0.3, 0.4) is 0 Å². The van der Waals surface area contributed by atoms with E-state index in [4.69, 9.17) is 4.98 Å². The minimum atomic E-state index is 0.131. The molecule has 0 bridgehead atoms. The van der Waals surface area contributed by atoms with E-state index in [0.717, 1.165) is 46.4 Å². The molecule has 0 unspecified atom stereocenters. The Kier molecular flexibility index (Phi) is 5.16. The summed E-state index contributed by atoms with van der Waals surface area (Å²) in [5.74, 6) is 1.21. The molecule has 1 amide bonds. The molecule has 1 aromatic heterocycles. The first-order valence-corrected chi connectivity index (χ1v) is 10.6. The molecule has 0 N–H and O–H groups in total. The van der Waals surface area contributed by atoms with Gasteiger partial charge in [0.2, 0.25) is 0 Å². The molecule has 3 heteroatoms. The number of pyridine rings is 1. The molecule has 1 aliphatic rings. The highest BCUT2D eigenvalue weighted by atomic mass is 16.2. The highest BCUT2D eigenvalue weighted by Crippen LogP contribution is 2.29. The maximum absolute atomic E-state index is 13.6. The van der Waals surface area contributed by atoms with E-state index in [2.05, 4.69) is 65.0 Å². The smallest absolute Gasteiger partial charge is 0.254 e. The van der Waals surface area contributed by atoms with Crippen molar-refractivity contribution in [1.82, 2.24) is 9.88 Å². The fourth-order valence-electron chi connectivity index (χ4n) is 4.56. The summed E-state index contributed by atoms with van der Waals surface area (Å²) in [5, 5.41) is 0.952. The van der Waals surface area contributed by atoms with E-state index in [-0.39, 0.29) is 5.91 Å². The maximum atomic E-state index is 13.6. The quantitative estimate of drug-likeness (QED) is 0.546. The van der Waals surface area contributed by atoms with Crippen molar-refractivity contribution in [3.63, 3.8) is 0 Å². The number of aromatic nitrogens is 1. The summed E-state index contributed by atoms with van der Waals surface area (Å²) < 4.78 is 0. The standard InChI is InChI=1S/C26H30N2O/c1-16-6-9-24-22(11-16)23(26(29)28-14-17(2)10-18(3)15-28)13-25(27-24)21-8-7-19(4)20(5)12-21/h6-9,11-13,17-18H,10,14-15H2,1-5H3/t17-,18-/m0/s1. The lowest BCUT2D eigenvalue weighted by Gasteiger charge is -2.35. The fraction of sp³-hybridized carbons (Fsp3) is 0.385. The fourth-order valence-corrected chi connectivity index (χ4v) is 4.56. The number of benzene rings is 2. The summed E-state index contributed by atoms with van der Waals surface area (Å²) >= 11 is 0. The van der Waals surface area contributed by atoms with Crippen molar-refractivity contribution in [3.05, 3.63) is 64.7 Å². The molecule has 2 atom stereocenters. The average molecular weight is 387 g/mol. The molecular weight excluding hydrogens is 356 g/mol. The molecule has 0 radical (unpaired) electrons. The van der Waals surface area contributed by atoms with Crippen LogP contribution >= 0.6 is 0 Å². The lowest BCUT2D eigenvalue weighted by molar-refractivity contribution is 0.0625. The van der Waals surface area contributed by atoms with E-state index in [0.29, 0.717) is 11.8 Å². The Morgan fingerprint density at radius 3 is 2.34 bits per heavy atom. The predicted octanol–water partition coefficient (Wildman–Crippen LogP) is 5.95. The zero-order chi connectivity index (χ0) is 20.7. The summed E-state index contributed by atoms with van der Waals surface area (Å²) in [5.41, 5.74) is 7.22. The van der Waals surface area contributed by atoms with Gasteiger partial charge in [-0.3, -0.25) is 4.79 Å². The van der Waals surface area contributed by atoms with E-state index in [9.17, 15) is 4.79 Å². The molecule has 29 heavy (non-hydrogen) atoms. The largest absolute Gasteiger partial charge is 0.338 e. The minimum Gasteiger partial charge on any atom is -0.338 e. The Morgan fingerprint density at radius 1 is 0.931 bits per heavy atom. The molecule has 3 nitrogen and oxygen atoms in total. The second kappa shape index (κ2) is 7.62. The monoisotopic (exact) mass is 386 g/mol. The van der Waals surface area contributed by atoms with Crippen LogP contribution in [-0.4, -0.2) is 28.9 Å². The SMILES string of the molecule is Cc1ccc2nc(-c3ccc(C)c(C)c3)cc(C(=O)N3C[C@@H](C)C[C@H](C)C3)c2c1. The molecule has 150 valence electrons. The van der Waals surface area contributed by atoms with E-state index < -0.39 is 0 Å². The van der Waals surface area contributed by atoms with Crippen LogP contribution in [0.25, 0.3) is 22.2 Å². The Labute approximate surface area is 173 Å². The number of piperidine rings is 1. The average Bonchev–Trinajstić information content (AvgIpc) is 2.68. The van der Waals surface area contributed by atoms with Gasteiger partial charge in [-0.2, -0.15) is 0 Å². The van der Waals surface area contributed by atoms with Crippen molar-refractivity contribution in [2.24, 2.45) is 11.8 Å². The predicted molar refractivity (Wildman–Crippen MR) is 120 cm³/mol. The van der Waals surface area contributed by atoms with Crippen molar-refractivity contribution in [2.75, 3.05) is 13.1 Å². The summed E-state index contributed by atoms with van der Waals surface area (Å²) in [6.45, 7) is 12.4. The Bertz CT molecular complexity index is 1080. The van der Waals surface area contributed by atoms with Gasteiger partial charge in [-0.15, -0.1) is 0 Å². The van der Waals surface area contributed by atoms with Crippen LogP contribution in [-0.2, 0) is 0 Å². The summed E-state index contributed by atoms with van der Waals surface area (Å²) in [6.07, 6.45) is 1.19. The van der Waals surface area contributed by atoms with Crippen LogP contribution in [0.15, 0.2) is 42.5 Å². The number of rotatable bonds is 2. The molecule has 1 fully saturated rings. The lowest BCUT2D eigenvalue weighted by Crippen LogP contribution is -2.42. The normalized spacial score (nSPS) is 19.6. The second-order valence-corrected chi connectivity index (χ2v) is 9.03. The highest BCUT2D eigenvalue weighted by Gasteiger charge is 2.27. The number of hydrogen-bond donors (Lipinski definition) is 0. The molecule has 4 rings (SSSR count). The number of aryl methyl sites for hydroxylation is 3. The van der Waals surface area contributed by atoms with E-state index in [1.165, 1.54) is 17.5 Å². The number of carbonyl (C=O) groups is 1. The summed E-state index contributed by atoms with van der Waals surface area (Å²) in [6, 6.07) is 14.6. The van der Waals surface area contributed by atoms with Gasteiger partial charge in [-0.25, -0.2) is 4.98 Å². The van der Waals surface area contributed by atoms with Gasteiger partial charge in [0.15, 0.2) is 0 Å².